The molecule has 0 aliphatic rings. The fraction of sp³-hybridized carbons (Fsp3) is 0.948. The highest BCUT2D eigenvalue weighted by atomic mass is 31.2. The topological polar surface area (TPSA) is 237 Å². The lowest BCUT2D eigenvalue weighted by Crippen LogP contribution is -2.30. The molecule has 0 saturated heterocycles. The van der Waals surface area contributed by atoms with E-state index < -0.39 is 97.5 Å². The van der Waals surface area contributed by atoms with Crippen LogP contribution in [0.3, 0.4) is 0 Å². The average molecular weight is 1410 g/mol. The molecule has 0 aliphatic carbocycles. The Morgan fingerprint density at radius 3 is 0.740 bits per heavy atom. The molecule has 0 fully saturated rings. The van der Waals surface area contributed by atoms with Gasteiger partial charge < -0.3 is 33.8 Å². The first-order valence-electron chi connectivity index (χ1n) is 39.7. The van der Waals surface area contributed by atoms with E-state index in [1.807, 2.05) is 0 Å². The summed E-state index contributed by atoms with van der Waals surface area (Å²) in [5, 5.41) is 10.6. The van der Waals surface area contributed by atoms with E-state index in [0.29, 0.717) is 37.5 Å². The fourth-order valence-electron chi connectivity index (χ4n) is 11.7. The molecule has 6 atom stereocenters. The number of hydrogen-bond donors (Lipinski definition) is 3. The molecule has 0 heterocycles. The molecule has 0 radical (unpaired) electrons. The van der Waals surface area contributed by atoms with Crippen LogP contribution in [-0.4, -0.2) is 96.7 Å². The summed E-state index contributed by atoms with van der Waals surface area (Å²) in [7, 11) is -9.91. The van der Waals surface area contributed by atoms with Gasteiger partial charge in [0.1, 0.15) is 19.3 Å². The van der Waals surface area contributed by atoms with Gasteiger partial charge in [-0.05, 0) is 49.4 Å². The van der Waals surface area contributed by atoms with E-state index in [1.165, 1.54) is 180 Å². The van der Waals surface area contributed by atoms with Crippen molar-refractivity contribution in [2.24, 2.45) is 23.7 Å². The minimum absolute atomic E-state index is 0.105. The zero-order valence-electron chi connectivity index (χ0n) is 63.0. The molecule has 3 N–H and O–H groups in total. The SMILES string of the molecule is CCC(C)CCCCCCCCCCCCCCCCCCCCC(=O)O[C@H](COC(=O)CCCCCCCCCC(C)C)COP(=O)(O)OCC(O)COP(=O)(O)OC[C@@H](COC(=O)CCCCCCCCC(C)C)OC(=O)CCCCCCCCCCCCCCC(C)C. The highest BCUT2D eigenvalue weighted by Crippen LogP contribution is 2.45. The highest BCUT2D eigenvalue weighted by molar-refractivity contribution is 7.47. The third kappa shape index (κ3) is 69.2. The summed E-state index contributed by atoms with van der Waals surface area (Å²) in [6.45, 7) is 14.1. The van der Waals surface area contributed by atoms with Gasteiger partial charge in [-0.15, -0.1) is 0 Å². The fourth-order valence-corrected chi connectivity index (χ4v) is 13.3. The van der Waals surface area contributed by atoms with Gasteiger partial charge in [0.25, 0.3) is 0 Å². The van der Waals surface area contributed by atoms with Crippen molar-refractivity contribution in [3.05, 3.63) is 0 Å². The summed E-state index contributed by atoms with van der Waals surface area (Å²) in [4.78, 5) is 72.7. The van der Waals surface area contributed by atoms with Crippen molar-refractivity contribution in [1.29, 1.82) is 0 Å². The van der Waals surface area contributed by atoms with Gasteiger partial charge in [-0.25, -0.2) is 9.13 Å². The summed E-state index contributed by atoms with van der Waals surface area (Å²) in [6, 6.07) is 0. The molecule has 0 bridgehead atoms. The molecule has 0 aromatic heterocycles. The number of hydrogen-bond acceptors (Lipinski definition) is 15. The van der Waals surface area contributed by atoms with Crippen LogP contribution in [-0.2, 0) is 65.4 Å². The van der Waals surface area contributed by atoms with Crippen molar-refractivity contribution in [2.75, 3.05) is 39.6 Å². The molecule has 0 aromatic rings. The average Bonchev–Trinajstić information content (AvgIpc) is 1.64. The van der Waals surface area contributed by atoms with Gasteiger partial charge in [0.15, 0.2) is 12.2 Å². The van der Waals surface area contributed by atoms with Gasteiger partial charge in [0.05, 0.1) is 26.4 Å². The number of rotatable bonds is 74. The maximum atomic E-state index is 13.1. The van der Waals surface area contributed by atoms with Crippen LogP contribution in [0.2, 0.25) is 0 Å². The Hall–Kier alpha value is -1.94. The lowest BCUT2D eigenvalue weighted by molar-refractivity contribution is -0.161. The van der Waals surface area contributed by atoms with Crippen LogP contribution in [0.1, 0.15) is 389 Å². The third-order valence-corrected chi connectivity index (χ3v) is 20.1. The Bertz CT molecular complexity index is 1890. The standard InChI is InChI=1S/C77H150O17P2/c1-9-70(8)56-48-40-31-25-21-16-14-12-10-11-13-15-17-22-26-32-43-51-59-76(81)93-72(63-87-74(79)57-49-41-34-28-30-38-46-54-68(4)5)65-91-95(83,84)89-61-71(78)62-90-96(85,86)92-66-73(64-88-75(80)58-50-42-36-35-39-47-55-69(6)7)94-77(82)60-52-44-33-27-23-19-18-20-24-29-37-45-53-67(2)3/h67-73,78H,9-66H2,1-8H3,(H,83,84)(H,85,86)/t70?,71?,72-,73-/m1/s1. The second-order valence-corrected chi connectivity index (χ2v) is 32.3. The van der Waals surface area contributed by atoms with E-state index in [9.17, 15) is 43.2 Å². The number of esters is 4. The Balaban J connectivity index is 5.15. The number of phosphoric acid groups is 2. The summed E-state index contributed by atoms with van der Waals surface area (Å²) < 4.78 is 68.5. The second kappa shape index (κ2) is 66.3. The van der Waals surface area contributed by atoms with Gasteiger partial charge in [0, 0.05) is 25.7 Å². The molecular formula is C77H150O17P2. The molecule has 0 aliphatic heterocycles. The maximum absolute atomic E-state index is 13.1. The van der Waals surface area contributed by atoms with Gasteiger partial charge in [-0.1, -0.05) is 338 Å². The summed E-state index contributed by atoms with van der Waals surface area (Å²) in [5.74, 6) is 0.908. The van der Waals surface area contributed by atoms with Gasteiger partial charge >= 0.3 is 39.5 Å². The molecule has 96 heavy (non-hydrogen) atoms. The molecule has 570 valence electrons. The minimum Gasteiger partial charge on any atom is -0.462 e. The van der Waals surface area contributed by atoms with Gasteiger partial charge in [-0.3, -0.25) is 37.3 Å². The number of carbonyl (C=O) groups is 4. The molecule has 0 amide bonds. The van der Waals surface area contributed by atoms with E-state index in [4.69, 9.17) is 37.0 Å². The van der Waals surface area contributed by atoms with Crippen molar-refractivity contribution >= 4 is 39.5 Å². The molecule has 4 unspecified atom stereocenters. The van der Waals surface area contributed by atoms with Gasteiger partial charge in [-0.2, -0.15) is 0 Å². The van der Waals surface area contributed by atoms with Crippen LogP contribution >= 0.6 is 15.6 Å². The van der Waals surface area contributed by atoms with Crippen LogP contribution < -0.4 is 0 Å². The molecule has 0 saturated carbocycles. The summed E-state index contributed by atoms with van der Waals surface area (Å²) >= 11 is 0. The number of aliphatic hydroxyl groups is 1. The van der Waals surface area contributed by atoms with Crippen molar-refractivity contribution in [3.63, 3.8) is 0 Å². The number of aliphatic hydroxyl groups excluding tert-OH is 1. The van der Waals surface area contributed by atoms with Crippen molar-refractivity contribution in [2.45, 2.75) is 408 Å². The first kappa shape index (κ1) is 94.1. The molecule has 0 spiro atoms. The van der Waals surface area contributed by atoms with Crippen molar-refractivity contribution in [3.8, 4) is 0 Å². The van der Waals surface area contributed by atoms with Crippen molar-refractivity contribution < 1.29 is 80.2 Å². The Morgan fingerprint density at radius 2 is 0.500 bits per heavy atom. The van der Waals surface area contributed by atoms with Crippen LogP contribution in [0.4, 0.5) is 0 Å². The van der Waals surface area contributed by atoms with Crippen molar-refractivity contribution in [1.82, 2.24) is 0 Å². The number of ether oxygens (including phenoxy) is 4. The number of carbonyl (C=O) groups excluding carboxylic acids is 4. The molecule has 0 aromatic carbocycles. The smallest absolute Gasteiger partial charge is 0.462 e. The molecule has 17 nitrogen and oxygen atoms in total. The largest absolute Gasteiger partial charge is 0.472 e. The van der Waals surface area contributed by atoms with Crippen LogP contribution in [0, 0.1) is 23.7 Å². The minimum atomic E-state index is -4.96. The third-order valence-electron chi connectivity index (χ3n) is 18.2. The monoisotopic (exact) mass is 1410 g/mol. The van der Waals surface area contributed by atoms with E-state index in [1.54, 1.807) is 0 Å². The molecule has 0 rings (SSSR count). The highest BCUT2D eigenvalue weighted by Gasteiger charge is 2.30. The van der Waals surface area contributed by atoms with E-state index in [2.05, 4.69) is 55.4 Å². The molecule has 19 heteroatoms. The van der Waals surface area contributed by atoms with E-state index in [-0.39, 0.29) is 25.7 Å². The normalized spacial score (nSPS) is 14.4. The number of unbranched alkanes of at least 4 members (excludes halogenated alkanes) is 39. The quantitative estimate of drug-likeness (QED) is 0.0222. The zero-order valence-corrected chi connectivity index (χ0v) is 64.8. The summed E-state index contributed by atoms with van der Waals surface area (Å²) in [5.41, 5.74) is 0. The van der Waals surface area contributed by atoms with Crippen LogP contribution in [0.15, 0.2) is 0 Å². The maximum Gasteiger partial charge on any atom is 0.472 e. The predicted molar refractivity (Wildman–Crippen MR) is 391 cm³/mol. The van der Waals surface area contributed by atoms with Gasteiger partial charge in [0.2, 0.25) is 0 Å². The Kier molecular flexibility index (Phi) is 65.0. The van der Waals surface area contributed by atoms with E-state index in [0.717, 1.165) is 115 Å². The van der Waals surface area contributed by atoms with E-state index >= 15 is 0 Å². The lowest BCUT2D eigenvalue weighted by Gasteiger charge is -2.21. The first-order valence-corrected chi connectivity index (χ1v) is 42.7. The summed E-state index contributed by atoms with van der Waals surface area (Å²) in [6.07, 6.45) is 51.7. The first-order chi connectivity index (χ1) is 46.1. The van der Waals surface area contributed by atoms with Crippen LogP contribution in [0.25, 0.3) is 0 Å². The Labute approximate surface area is 588 Å². The molecular weight excluding hydrogens is 1260 g/mol. The number of phosphoric ester groups is 2. The predicted octanol–water partition coefficient (Wildman–Crippen LogP) is 22.4. The zero-order chi connectivity index (χ0) is 71.0. The second-order valence-electron chi connectivity index (χ2n) is 29.4. The Morgan fingerprint density at radius 1 is 0.292 bits per heavy atom. The lowest BCUT2D eigenvalue weighted by atomic mass is 9.99. The van der Waals surface area contributed by atoms with Crippen LogP contribution in [0.5, 0.6) is 0 Å².